The van der Waals surface area contributed by atoms with Crippen molar-refractivity contribution in [3.8, 4) is 5.75 Å². The van der Waals surface area contributed by atoms with Crippen molar-refractivity contribution in [3.05, 3.63) is 54.1 Å². The van der Waals surface area contributed by atoms with Crippen LogP contribution in [0.5, 0.6) is 5.75 Å². The Morgan fingerprint density at radius 3 is 2.67 bits per heavy atom. The van der Waals surface area contributed by atoms with Crippen LogP contribution in [0.1, 0.15) is 10.4 Å². The Kier molecular flexibility index (Phi) is 5.51. The Bertz CT molecular complexity index is 602. The number of benzene rings is 2. The van der Waals surface area contributed by atoms with Gasteiger partial charge in [0, 0.05) is 10.6 Å². The molecule has 0 fully saturated rings. The normalized spacial score (nSPS) is 10.1. The molecular weight excluding hydrogens is 286 g/mol. The van der Waals surface area contributed by atoms with Crippen LogP contribution in [-0.2, 0) is 4.74 Å². The minimum Gasteiger partial charge on any atom is -0.491 e. The molecule has 0 aliphatic heterocycles. The van der Waals surface area contributed by atoms with Gasteiger partial charge in [-0.05, 0) is 30.3 Å². The summed E-state index contributed by atoms with van der Waals surface area (Å²) in [7, 11) is 1.34. The zero-order valence-corrected chi connectivity index (χ0v) is 12.6. The van der Waals surface area contributed by atoms with Gasteiger partial charge in [-0.25, -0.2) is 4.79 Å². The average Bonchev–Trinajstić information content (AvgIpc) is 2.53. The molecule has 2 N–H and O–H groups in total. The highest BCUT2D eigenvalue weighted by molar-refractivity contribution is 7.99. The standard InChI is InChI=1S/C16H17NO3S/c1-19-16(18)12-7-8-14(17)15(11-12)20-9-10-21-13-5-3-2-4-6-13/h2-8,11H,9-10,17H2,1H3. The number of rotatable bonds is 6. The van der Waals surface area contributed by atoms with E-state index >= 15 is 0 Å². The Balaban J connectivity index is 1.89. The van der Waals surface area contributed by atoms with Crippen LogP contribution in [0.4, 0.5) is 5.69 Å². The molecule has 0 saturated heterocycles. The van der Waals surface area contributed by atoms with Gasteiger partial charge >= 0.3 is 5.97 Å². The molecule has 0 amide bonds. The van der Waals surface area contributed by atoms with E-state index in [1.807, 2.05) is 18.2 Å². The number of hydrogen-bond donors (Lipinski definition) is 1. The first-order chi connectivity index (χ1) is 10.2. The van der Waals surface area contributed by atoms with E-state index in [1.165, 1.54) is 12.0 Å². The summed E-state index contributed by atoms with van der Waals surface area (Å²) < 4.78 is 10.3. The summed E-state index contributed by atoms with van der Waals surface area (Å²) >= 11 is 1.70. The molecule has 4 nitrogen and oxygen atoms in total. The highest BCUT2D eigenvalue weighted by atomic mass is 32.2. The number of methoxy groups -OCH3 is 1. The molecule has 0 aromatic heterocycles. The maximum absolute atomic E-state index is 11.5. The molecular formula is C16H17NO3S. The summed E-state index contributed by atoms with van der Waals surface area (Å²) in [6.07, 6.45) is 0. The van der Waals surface area contributed by atoms with Gasteiger partial charge in [-0.2, -0.15) is 0 Å². The summed E-state index contributed by atoms with van der Waals surface area (Å²) in [5.74, 6) is 0.899. The summed E-state index contributed by atoms with van der Waals surface area (Å²) in [6.45, 7) is 0.508. The van der Waals surface area contributed by atoms with Crippen molar-refractivity contribution in [1.29, 1.82) is 0 Å². The second-order valence-corrected chi connectivity index (χ2v) is 5.42. The smallest absolute Gasteiger partial charge is 0.337 e. The van der Waals surface area contributed by atoms with Gasteiger partial charge in [-0.1, -0.05) is 18.2 Å². The third-order valence-electron chi connectivity index (χ3n) is 2.79. The second kappa shape index (κ2) is 7.59. The molecule has 110 valence electrons. The van der Waals surface area contributed by atoms with Crippen LogP contribution in [0.25, 0.3) is 0 Å². The van der Waals surface area contributed by atoms with Crippen LogP contribution in [0.3, 0.4) is 0 Å². The third kappa shape index (κ3) is 4.43. The monoisotopic (exact) mass is 303 g/mol. The molecule has 0 bridgehead atoms. The van der Waals surface area contributed by atoms with Crippen molar-refractivity contribution in [2.24, 2.45) is 0 Å². The summed E-state index contributed by atoms with van der Waals surface area (Å²) in [5, 5.41) is 0. The van der Waals surface area contributed by atoms with Crippen molar-refractivity contribution in [2.45, 2.75) is 4.90 Å². The number of anilines is 1. The van der Waals surface area contributed by atoms with E-state index in [-0.39, 0.29) is 0 Å². The maximum atomic E-state index is 11.5. The Morgan fingerprint density at radius 2 is 1.95 bits per heavy atom. The number of esters is 1. The number of carbonyl (C=O) groups is 1. The van der Waals surface area contributed by atoms with E-state index in [4.69, 9.17) is 10.5 Å². The lowest BCUT2D eigenvalue weighted by Crippen LogP contribution is -2.06. The summed E-state index contributed by atoms with van der Waals surface area (Å²) in [6, 6.07) is 15.0. The number of ether oxygens (including phenoxy) is 2. The van der Waals surface area contributed by atoms with Gasteiger partial charge in [-0.15, -0.1) is 11.8 Å². The van der Waals surface area contributed by atoms with Gasteiger partial charge in [0.2, 0.25) is 0 Å². The van der Waals surface area contributed by atoms with E-state index in [1.54, 1.807) is 30.0 Å². The average molecular weight is 303 g/mol. The lowest BCUT2D eigenvalue weighted by molar-refractivity contribution is 0.0600. The minimum absolute atomic E-state index is 0.404. The van der Waals surface area contributed by atoms with E-state index in [2.05, 4.69) is 16.9 Å². The first-order valence-electron chi connectivity index (χ1n) is 6.49. The first kappa shape index (κ1) is 15.3. The first-order valence-corrected chi connectivity index (χ1v) is 7.48. The van der Waals surface area contributed by atoms with Crippen molar-refractivity contribution in [3.63, 3.8) is 0 Å². The predicted octanol–water partition coefficient (Wildman–Crippen LogP) is 3.23. The third-order valence-corrected chi connectivity index (χ3v) is 3.76. The Hall–Kier alpha value is -2.14. The highest BCUT2D eigenvalue weighted by Crippen LogP contribution is 2.24. The van der Waals surface area contributed by atoms with Crippen molar-refractivity contribution in [2.75, 3.05) is 25.2 Å². The molecule has 0 aliphatic rings. The molecule has 2 aromatic carbocycles. The molecule has 5 heteroatoms. The fourth-order valence-electron chi connectivity index (χ4n) is 1.73. The lowest BCUT2D eigenvalue weighted by Gasteiger charge is -2.10. The predicted molar refractivity (Wildman–Crippen MR) is 84.9 cm³/mol. The maximum Gasteiger partial charge on any atom is 0.337 e. The molecule has 0 atom stereocenters. The van der Waals surface area contributed by atoms with Crippen molar-refractivity contribution < 1.29 is 14.3 Å². The van der Waals surface area contributed by atoms with E-state index in [9.17, 15) is 4.79 Å². The van der Waals surface area contributed by atoms with Crippen LogP contribution in [0.15, 0.2) is 53.4 Å². The second-order valence-electron chi connectivity index (χ2n) is 4.25. The minimum atomic E-state index is -0.404. The van der Waals surface area contributed by atoms with E-state index in [0.717, 1.165) is 5.75 Å². The Morgan fingerprint density at radius 1 is 1.19 bits per heavy atom. The van der Waals surface area contributed by atoms with Gasteiger partial charge < -0.3 is 15.2 Å². The zero-order chi connectivity index (χ0) is 15.1. The van der Waals surface area contributed by atoms with Gasteiger partial charge in [-0.3, -0.25) is 0 Å². The summed E-state index contributed by atoms with van der Waals surface area (Å²) in [5.41, 5.74) is 6.78. The molecule has 0 aliphatic carbocycles. The van der Waals surface area contributed by atoms with E-state index < -0.39 is 5.97 Å². The molecule has 2 aromatic rings. The molecule has 0 unspecified atom stereocenters. The molecule has 0 spiro atoms. The summed E-state index contributed by atoms with van der Waals surface area (Å²) in [4.78, 5) is 12.7. The number of hydrogen-bond acceptors (Lipinski definition) is 5. The topological polar surface area (TPSA) is 61.5 Å². The number of thioether (sulfide) groups is 1. The van der Waals surface area contributed by atoms with Gasteiger partial charge in [0.15, 0.2) is 0 Å². The van der Waals surface area contributed by atoms with Crippen molar-refractivity contribution in [1.82, 2.24) is 0 Å². The number of nitrogens with two attached hydrogens (primary N) is 1. The molecule has 2 rings (SSSR count). The SMILES string of the molecule is COC(=O)c1ccc(N)c(OCCSc2ccccc2)c1. The van der Waals surface area contributed by atoms with Gasteiger partial charge in [0.25, 0.3) is 0 Å². The van der Waals surface area contributed by atoms with Crippen LogP contribution >= 0.6 is 11.8 Å². The van der Waals surface area contributed by atoms with Crippen LogP contribution in [0, 0.1) is 0 Å². The lowest BCUT2D eigenvalue weighted by atomic mass is 10.2. The van der Waals surface area contributed by atoms with Crippen LogP contribution in [-0.4, -0.2) is 25.4 Å². The van der Waals surface area contributed by atoms with Crippen LogP contribution < -0.4 is 10.5 Å². The van der Waals surface area contributed by atoms with E-state index in [0.29, 0.717) is 23.6 Å². The fourth-order valence-corrected chi connectivity index (χ4v) is 2.48. The number of nitrogen functional groups attached to an aromatic ring is 1. The fraction of sp³-hybridized carbons (Fsp3) is 0.188. The highest BCUT2D eigenvalue weighted by Gasteiger charge is 2.09. The number of carbonyl (C=O) groups excluding carboxylic acids is 1. The van der Waals surface area contributed by atoms with Gasteiger partial charge in [0.1, 0.15) is 5.75 Å². The zero-order valence-electron chi connectivity index (χ0n) is 11.7. The van der Waals surface area contributed by atoms with Crippen molar-refractivity contribution >= 4 is 23.4 Å². The largest absolute Gasteiger partial charge is 0.491 e. The Labute approximate surface area is 128 Å². The molecule has 21 heavy (non-hydrogen) atoms. The molecule has 0 radical (unpaired) electrons. The molecule has 0 heterocycles. The molecule has 0 saturated carbocycles. The van der Waals surface area contributed by atoms with Crippen LogP contribution in [0.2, 0.25) is 0 Å². The van der Waals surface area contributed by atoms with Gasteiger partial charge in [0.05, 0.1) is 25.0 Å². The quantitative estimate of drug-likeness (QED) is 0.384.